The zero-order valence-corrected chi connectivity index (χ0v) is 18.7. The lowest BCUT2D eigenvalue weighted by Crippen LogP contribution is -2.36. The molecule has 0 aliphatic carbocycles. The molecular weight excluding hydrogens is 396 g/mol. The third kappa shape index (κ3) is 5.31. The average molecular weight is 429 g/mol. The zero-order valence-electron chi connectivity index (χ0n) is 17.9. The minimum absolute atomic E-state index is 0.0345. The lowest BCUT2D eigenvalue weighted by molar-refractivity contribution is -0.140. The first-order valence-electron chi connectivity index (χ1n) is 10.8. The molecule has 0 saturated heterocycles. The number of esters is 1. The van der Waals surface area contributed by atoms with Crippen molar-refractivity contribution in [2.24, 2.45) is 0 Å². The number of carbonyl (C=O) groups excluding carboxylic acids is 1. The molecule has 1 aliphatic rings. The van der Waals surface area contributed by atoms with E-state index in [2.05, 4.69) is 13.0 Å². The van der Waals surface area contributed by atoms with Gasteiger partial charge in [-0.05, 0) is 54.2 Å². The van der Waals surface area contributed by atoms with Crippen LogP contribution >= 0.6 is 11.8 Å². The van der Waals surface area contributed by atoms with Crippen LogP contribution in [0.15, 0.2) is 47.4 Å². The Hall–Kier alpha value is -2.14. The van der Waals surface area contributed by atoms with Gasteiger partial charge in [-0.25, -0.2) is 0 Å². The molecule has 2 aromatic rings. The summed E-state index contributed by atoms with van der Waals surface area (Å²) in [4.78, 5) is 12.4. The van der Waals surface area contributed by atoms with Crippen LogP contribution < -0.4 is 0 Å². The Labute approximate surface area is 183 Å². The quantitative estimate of drug-likeness (QED) is 0.370. The lowest BCUT2D eigenvalue weighted by atomic mass is 9.68. The summed E-state index contributed by atoms with van der Waals surface area (Å²) in [5, 5.41) is 19.7. The van der Waals surface area contributed by atoms with Crippen molar-refractivity contribution in [2.45, 2.75) is 68.1 Å². The smallest absolute Gasteiger partial charge is 0.305 e. The van der Waals surface area contributed by atoms with Crippen molar-refractivity contribution >= 4 is 17.7 Å². The fourth-order valence-electron chi connectivity index (χ4n) is 4.46. The van der Waals surface area contributed by atoms with Crippen molar-refractivity contribution in [2.75, 3.05) is 12.9 Å². The summed E-state index contributed by atoms with van der Waals surface area (Å²) in [7, 11) is 1.44. The third-order valence-electron chi connectivity index (χ3n) is 6.30. The van der Waals surface area contributed by atoms with Crippen LogP contribution in [0.2, 0.25) is 0 Å². The Morgan fingerprint density at radius 1 is 1.03 bits per heavy atom. The number of fused-ring (bicyclic) bond motifs is 1. The second-order valence-corrected chi connectivity index (χ2v) is 9.43. The van der Waals surface area contributed by atoms with Gasteiger partial charge in [0, 0.05) is 22.5 Å². The van der Waals surface area contributed by atoms with Gasteiger partial charge < -0.3 is 14.9 Å². The van der Waals surface area contributed by atoms with Gasteiger partial charge in [-0.1, -0.05) is 50.8 Å². The van der Waals surface area contributed by atoms with E-state index in [0.29, 0.717) is 23.8 Å². The molecule has 30 heavy (non-hydrogen) atoms. The number of carbonyl (C=O) groups is 1. The first kappa shape index (κ1) is 22.5. The second-order valence-electron chi connectivity index (χ2n) is 8.41. The van der Waals surface area contributed by atoms with E-state index in [4.69, 9.17) is 4.74 Å². The maximum Gasteiger partial charge on any atom is 0.305 e. The van der Waals surface area contributed by atoms with E-state index in [9.17, 15) is 15.0 Å². The van der Waals surface area contributed by atoms with Gasteiger partial charge >= 0.3 is 5.97 Å². The fraction of sp³-hybridized carbons (Fsp3) is 0.480. The molecule has 0 amide bonds. The van der Waals surface area contributed by atoms with Gasteiger partial charge in [0.15, 0.2) is 0 Å². The van der Waals surface area contributed by atoms with E-state index in [-0.39, 0.29) is 11.4 Å². The molecule has 2 unspecified atom stereocenters. The van der Waals surface area contributed by atoms with Crippen molar-refractivity contribution in [1.82, 2.24) is 0 Å². The van der Waals surface area contributed by atoms with Gasteiger partial charge in [0.1, 0.15) is 11.5 Å². The normalized spacial score (nSPS) is 20.5. The van der Waals surface area contributed by atoms with E-state index >= 15 is 0 Å². The van der Waals surface area contributed by atoms with E-state index < -0.39 is 0 Å². The monoisotopic (exact) mass is 428 g/mol. The Kier molecular flexibility index (Phi) is 7.70. The highest BCUT2D eigenvalue weighted by Crippen LogP contribution is 2.52. The molecule has 3 rings (SSSR count). The van der Waals surface area contributed by atoms with Crippen molar-refractivity contribution in [3.8, 4) is 11.5 Å². The van der Waals surface area contributed by atoms with Crippen LogP contribution in [0.5, 0.6) is 11.5 Å². The lowest BCUT2D eigenvalue weighted by Gasteiger charge is -2.43. The SMILES string of the molecule is COC(=O)CCCCCCCC1c2ccc(O)cc2SCC1(C)c1ccc(O)cc1. The molecule has 162 valence electrons. The van der Waals surface area contributed by atoms with Crippen LogP contribution in [-0.2, 0) is 14.9 Å². The highest BCUT2D eigenvalue weighted by molar-refractivity contribution is 7.99. The van der Waals surface area contributed by atoms with Crippen LogP contribution in [0.4, 0.5) is 0 Å². The molecule has 2 atom stereocenters. The summed E-state index contributed by atoms with van der Waals surface area (Å²) in [6.07, 6.45) is 6.91. The van der Waals surface area contributed by atoms with Crippen LogP contribution in [0.25, 0.3) is 0 Å². The largest absolute Gasteiger partial charge is 0.508 e. The molecule has 0 saturated carbocycles. The Morgan fingerprint density at radius 3 is 2.43 bits per heavy atom. The van der Waals surface area contributed by atoms with Crippen molar-refractivity contribution in [3.63, 3.8) is 0 Å². The van der Waals surface area contributed by atoms with Crippen molar-refractivity contribution < 1.29 is 19.7 Å². The predicted octanol–water partition coefficient (Wildman–Crippen LogP) is 6.15. The molecule has 1 aliphatic heterocycles. The standard InChI is InChI=1S/C25H32O4S/c1-25(18-10-12-19(26)13-11-18)17-30-23-16-20(27)14-15-21(23)22(25)8-6-4-3-5-7-9-24(28)29-2/h10-16,22,26-27H,3-9,17H2,1-2H3. The molecule has 0 aromatic heterocycles. The van der Waals surface area contributed by atoms with Gasteiger partial charge in [0.05, 0.1) is 7.11 Å². The summed E-state index contributed by atoms with van der Waals surface area (Å²) < 4.78 is 4.70. The summed E-state index contributed by atoms with van der Waals surface area (Å²) >= 11 is 1.80. The number of ether oxygens (including phenoxy) is 1. The number of hydrogen-bond acceptors (Lipinski definition) is 5. The number of phenolic OH excluding ortho intramolecular Hbond substituents is 2. The highest BCUT2D eigenvalue weighted by Gasteiger charge is 2.41. The minimum atomic E-state index is -0.126. The molecule has 4 nitrogen and oxygen atoms in total. The van der Waals surface area contributed by atoms with Crippen LogP contribution in [0, 0.1) is 0 Å². The number of hydrogen-bond donors (Lipinski definition) is 2. The maximum absolute atomic E-state index is 11.2. The number of aromatic hydroxyl groups is 2. The van der Waals surface area contributed by atoms with E-state index in [1.165, 1.54) is 23.1 Å². The third-order valence-corrected chi connectivity index (χ3v) is 7.71. The molecule has 0 spiro atoms. The average Bonchev–Trinajstić information content (AvgIpc) is 2.74. The molecule has 0 radical (unpaired) electrons. The summed E-state index contributed by atoms with van der Waals surface area (Å²) in [6, 6.07) is 13.4. The molecular formula is C25H32O4S. The molecule has 0 fully saturated rings. The Morgan fingerprint density at radius 2 is 1.70 bits per heavy atom. The number of phenols is 2. The van der Waals surface area contributed by atoms with Gasteiger partial charge in [-0.15, -0.1) is 11.8 Å². The molecule has 5 heteroatoms. The van der Waals surface area contributed by atoms with Crippen molar-refractivity contribution in [1.29, 1.82) is 0 Å². The molecule has 2 N–H and O–H groups in total. The van der Waals surface area contributed by atoms with E-state index in [0.717, 1.165) is 44.3 Å². The molecule has 1 heterocycles. The summed E-state index contributed by atoms with van der Waals surface area (Å²) in [5.74, 6) is 1.78. The first-order chi connectivity index (χ1) is 14.4. The minimum Gasteiger partial charge on any atom is -0.508 e. The van der Waals surface area contributed by atoms with Gasteiger partial charge in [0.25, 0.3) is 0 Å². The topological polar surface area (TPSA) is 66.8 Å². The number of methoxy groups -OCH3 is 1. The van der Waals surface area contributed by atoms with Crippen molar-refractivity contribution in [3.05, 3.63) is 53.6 Å². The van der Waals surface area contributed by atoms with E-state index in [1.54, 1.807) is 30.0 Å². The number of unbranched alkanes of at least 4 members (excludes halogenated alkanes) is 4. The number of benzene rings is 2. The van der Waals surface area contributed by atoms with Crippen LogP contribution in [0.3, 0.4) is 0 Å². The van der Waals surface area contributed by atoms with Gasteiger partial charge in [0.2, 0.25) is 0 Å². The molecule has 0 bridgehead atoms. The zero-order chi connectivity index (χ0) is 21.6. The van der Waals surface area contributed by atoms with Crippen LogP contribution in [-0.4, -0.2) is 29.0 Å². The highest BCUT2D eigenvalue weighted by atomic mass is 32.2. The van der Waals surface area contributed by atoms with Gasteiger partial charge in [-0.3, -0.25) is 4.79 Å². The number of thioether (sulfide) groups is 1. The summed E-state index contributed by atoms with van der Waals surface area (Å²) in [5.41, 5.74) is 2.52. The fourth-order valence-corrected chi connectivity index (χ4v) is 5.86. The Balaban J connectivity index is 1.69. The summed E-state index contributed by atoms with van der Waals surface area (Å²) in [6.45, 7) is 2.32. The second kappa shape index (κ2) is 10.3. The first-order valence-corrected chi connectivity index (χ1v) is 11.7. The van der Waals surface area contributed by atoms with E-state index in [1.807, 2.05) is 18.2 Å². The number of rotatable bonds is 9. The van der Waals surface area contributed by atoms with Gasteiger partial charge in [-0.2, -0.15) is 0 Å². The maximum atomic E-state index is 11.2. The molecule has 2 aromatic carbocycles. The Bertz CT molecular complexity index is 849. The predicted molar refractivity (Wildman–Crippen MR) is 121 cm³/mol. The van der Waals surface area contributed by atoms with Crippen LogP contribution in [0.1, 0.15) is 68.9 Å².